The number of rotatable bonds is 4. The molecule has 0 bridgehead atoms. The fourth-order valence-electron chi connectivity index (χ4n) is 1.65. The molecule has 84 valence electrons. The van der Waals surface area contributed by atoms with Gasteiger partial charge in [-0.25, -0.2) is 0 Å². The van der Waals surface area contributed by atoms with Crippen LogP contribution < -0.4 is 0 Å². The first-order valence-electron chi connectivity index (χ1n) is 5.19. The molecule has 16 heavy (non-hydrogen) atoms. The van der Waals surface area contributed by atoms with E-state index in [2.05, 4.69) is 15.9 Å². The van der Waals surface area contributed by atoms with Gasteiger partial charge in [0.2, 0.25) is 0 Å². The van der Waals surface area contributed by atoms with Crippen molar-refractivity contribution in [2.45, 2.75) is 18.9 Å². The van der Waals surface area contributed by atoms with Crippen molar-refractivity contribution in [2.75, 3.05) is 0 Å². The summed E-state index contributed by atoms with van der Waals surface area (Å²) < 4.78 is 6.24. The van der Waals surface area contributed by atoms with Gasteiger partial charge in [-0.2, -0.15) is 0 Å². The Morgan fingerprint density at radius 1 is 1.12 bits per heavy atom. The van der Waals surface area contributed by atoms with E-state index in [1.165, 1.54) is 0 Å². The Hall–Kier alpha value is -1.06. The molecule has 0 radical (unpaired) electrons. The molecule has 2 nitrogen and oxygen atoms in total. The highest BCUT2D eigenvalue weighted by atomic mass is 79.9. The van der Waals surface area contributed by atoms with Crippen molar-refractivity contribution < 1.29 is 9.52 Å². The number of hydrogen-bond donors (Lipinski definition) is 1. The summed E-state index contributed by atoms with van der Waals surface area (Å²) in [6.45, 7) is 0. The molecule has 3 heteroatoms. The van der Waals surface area contributed by atoms with Crippen LogP contribution in [-0.4, -0.2) is 11.2 Å². The Kier molecular flexibility index (Phi) is 3.80. The monoisotopic (exact) mass is 280 g/mol. The second kappa shape index (κ2) is 5.32. The fourth-order valence-corrected chi connectivity index (χ4v) is 2.10. The standard InChI is InChI=1S/C13H13BrO2/c14-13-6-2-1-4-10(13)8-11(15)9-12-5-3-7-16-12/h1-7,11,15H,8-9H2. The smallest absolute Gasteiger partial charge is 0.106 e. The van der Waals surface area contributed by atoms with Crippen molar-refractivity contribution in [3.05, 3.63) is 58.5 Å². The van der Waals surface area contributed by atoms with Gasteiger partial charge in [0.1, 0.15) is 5.76 Å². The van der Waals surface area contributed by atoms with Crippen LogP contribution in [0, 0.1) is 0 Å². The van der Waals surface area contributed by atoms with Crippen LogP contribution in [0.5, 0.6) is 0 Å². The average molecular weight is 281 g/mol. The van der Waals surface area contributed by atoms with Crippen LogP contribution in [0.3, 0.4) is 0 Å². The Morgan fingerprint density at radius 3 is 2.62 bits per heavy atom. The average Bonchev–Trinajstić information content (AvgIpc) is 2.74. The number of aliphatic hydroxyl groups excluding tert-OH is 1. The number of furan rings is 1. The molecule has 1 unspecified atom stereocenters. The predicted molar refractivity (Wildman–Crippen MR) is 66.3 cm³/mol. The SMILES string of the molecule is OC(Cc1ccco1)Cc1ccccc1Br. The first-order valence-corrected chi connectivity index (χ1v) is 5.99. The Labute approximate surface area is 103 Å². The molecule has 1 N–H and O–H groups in total. The van der Waals surface area contributed by atoms with Gasteiger partial charge in [-0.05, 0) is 30.2 Å². The molecule has 1 aromatic heterocycles. The van der Waals surface area contributed by atoms with Crippen molar-refractivity contribution in [1.82, 2.24) is 0 Å². The van der Waals surface area contributed by atoms with Crippen molar-refractivity contribution in [2.24, 2.45) is 0 Å². The molecule has 0 aliphatic carbocycles. The van der Waals surface area contributed by atoms with Crippen molar-refractivity contribution >= 4 is 15.9 Å². The highest BCUT2D eigenvalue weighted by Gasteiger charge is 2.10. The van der Waals surface area contributed by atoms with E-state index in [0.717, 1.165) is 15.8 Å². The molecule has 1 aromatic carbocycles. The molecule has 0 spiro atoms. The minimum Gasteiger partial charge on any atom is -0.469 e. The Balaban J connectivity index is 1.97. The van der Waals surface area contributed by atoms with E-state index >= 15 is 0 Å². The van der Waals surface area contributed by atoms with E-state index < -0.39 is 6.10 Å². The molecule has 0 aliphatic heterocycles. The van der Waals surface area contributed by atoms with Crippen molar-refractivity contribution in [3.63, 3.8) is 0 Å². The van der Waals surface area contributed by atoms with Gasteiger partial charge in [0.15, 0.2) is 0 Å². The van der Waals surface area contributed by atoms with Gasteiger partial charge in [0.25, 0.3) is 0 Å². The third-order valence-corrected chi connectivity index (χ3v) is 3.20. The van der Waals surface area contributed by atoms with Gasteiger partial charge in [-0.3, -0.25) is 0 Å². The third kappa shape index (κ3) is 2.97. The van der Waals surface area contributed by atoms with Crippen LogP contribution in [0.4, 0.5) is 0 Å². The quantitative estimate of drug-likeness (QED) is 0.933. The molecule has 0 saturated carbocycles. The third-order valence-electron chi connectivity index (χ3n) is 2.43. The van der Waals surface area contributed by atoms with E-state index in [1.54, 1.807) is 6.26 Å². The van der Waals surface area contributed by atoms with E-state index in [9.17, 15) is 5.11 Å². The lowest BCUT2D eigenvalue weighted by Crippen LogP contribution is -2.13. The second-order valence-electron chi connectivity index (χ2n) is 3.73. The maximum absolute atomic E-state index is 9.92. The van der Waals surface area contributed by atoms with Gasteiger partial charge in [0.05, 0.1) is 12.4 Å². The Bertz CT molecular complexity index is 437. The summed E-state index contributed by atoms with van der Waals surface area (Å²) in [6.07, 6.45) is 2.39. The highest BCUT2D eigenvalue weighted by molar-refractivity contribution is 9.10. The first kappa shape index (κ1) is 11.4. The zero-order valence-corrected chi connectivity index (χ0v) is 10.4. The summed E-state index contributed by atoms with van der Waals surface area (Å²) in [7, 11) is 0. The molecule has 1 heterocycles. The van der Waals surface area contributed by atoms with Gasteiger partial charge >= 0.3 is 0 Å². The normalized spacial score (nSPS) is 12.6. The molecule has 1 atom stereocenters. The van der Waals surface area contributed by atoms with Crippen LogP contribution in [0.25, 0.3) is 0 Å². The van der Waals surface area contributed by atoms with Crippen molar-refractivity contribution in [3.8, 4) is 0 Å². The van der Waals surface area contributed by atoms with Crippen LogP contribution >= 0.6 is 15.9 Å². The first-order chi connectivity index (χ1) is 7.75. The minimum atomic E-state index is -0.412. The lowest BCUT2D eigenvalue weighted by atomic mass is 10.0. The highest BCUT2D eigenvalue weighted by Crippen LogP contribution is 2.18. The molecule has 2 rings (SSSR count). The number of benzene rings is 1. The lowest BCUT2D eigenvalue weighted by molar-refractivity contribution is 0.167. The lowest BCUT2D eigenvalue weighted by Gasteiger charge is -2.10. The summed E-state index contributed by atoms with van der Waals surface area (Å²) in [5.74, 6) is 0.819. The number of hydrogen-bond acceptors (Lipinski definition) is 2. The molecule has 0 saturated heterocycles. The van der Waals surface area contributed by atoms with Crippen LogP contribution in [0.2, 0.25) is 0 Å². The fraction of sp³-hybridized carbons (Fsp3) is 0.231. The van der Waals surface area contributed by atoms with E-state index in [4.69, 9.17) is 4.42 Å². The topological polar surface area (TPSA) is 33.4 Å². The van der Waals surface area contributed by atoms with E-state index in [-0.39, 0.29) is 0 Å². The van der Waals surface area contributed by atoms with Gasteiger partial charge in [-0.15, -0.1) is 0 Å². The van der Waals surface area contributed by atoms with Crippen LogP contribution in [0.1, 0.15) is 11.3 Å². The minimum absolute atomic E-state index is 0.412. The van der Waals surface area contributed by atoms with Gasteiger partial charge in [-0.1, -0.05) is 34.1 Å². The molecular formula is C13H13BrO2. The summed E-state index contributed by atoms with van der Waals surface area (Å²) in [5, 5.41) is 9.92. The largest absolute Gasteiger partial charge is 0.469 e. The molecule has 0 amide bonds. The maximum atomic E-state index is 9.92. The van der Waals surface area contributed by atoms with Crippen LogP contribution in [-0.2, 0) is 12.8 Å². The molecule has 0 aliphatic rings. The zero-order valence-electron chi connectivity index (χ0n) is 8.77. The summed E-state index contributed by atoms with van der Waals surface area (Å²) in [4.78, 5) is 0. The van der Waals surface area contributed by atoms with Gasteiger partial charge in [0, 0.05) is 10.9 Å². The van der Waals surface area contributed by atoms with Gasteiger partial charge < -0.3 is 9.52 Å². The molecule has 2 aromatic rings. The van der Waals surface area contributed by atoms with Crippen LogP contribution in [0.15, 0.2) is 51.6 Å². The number of aliphatic hydroxyl groups is 1. The Morgan fingerprint density at radius 2 is 1.94 bits per heavy atom. The number of halogens is 1. The second-order valence-corrected chi connectivity index (χ2v) is 4.59. The summed E-state index contributed by atoms with van der Waals surface area (Å²) in [5.41, 5.74) is 1.11. The maximum Gasteiger partial charge on any atom is 0.106 e. The van der Waals surface area contributed by atoms with E-state index in [1.807, 2.05) is 36.4 Å². The summed E-state index contributed by atoms with van der Waals surface area (Å²) in [6, 6.07) is 11.6. The molecule has 0 fully saturated rings. The van der Waals surface area contributed by atoms with Crippen molar-refractivity contribution in [1.29, 1.82) is 0 Å². The summed E-state index contributed by atoms with van der Waals surface area (Å²) >= 11 is 3.47. The van der Waals surface area contributed by atoms with E-state index in [0.29, 0.717) is 12.8 Å². The molecular weight excluding hydrogens is 268 g/mol. The predicted octanol–water partition coefficient (Wildman–Crippen LogP) is 3.19. The zero-order chi connectivity index (χ0) is 11.4.